The monoisotopic (exact) mass is 240 g/mol. The summed E-state index contributed by atoms with van der Waals surface area (Å²) < 4.78 is 0. The molecule has 0 radical (unpaired) electrons. The van der Waals surface area contributed by atoms with Crippen LogP contribution in [0.3, 0.4) is 0 Å². The van der Waals surface area contributed by atoms with Gasteiger partial charge in [0.1, 0.15) is 0 Å². The van der Waals surface area contributed by atoms with E-state index < -0.39 is 0 Å². The molecule has 16 heavy (non-hydrogen) atoms. The highest BCUT2D eigenvalue weighted by Gasteiger charge is 2.06. The van der Waals surface area contributed by atoms with Crippen molar-refractivity contribution in [2.24, 2.45) is 5.84 Å². The Kier molecular flexibility index (Phi) is 6.46. The van der Waals surface area contributed by atoms with E-state index in [1.807, 2.05) is 0 Å². The largest absolute Gasteiger partial charge is 0.271 e. The maximum Gasteiger partial charge on any atom is 0.0251 e. The van der Waals surface area contributed by atoms with E-state index in [4.69, 9.17) is 17.4 Å². The van der Waals surface area contributed by atoms with Gasteiger partial charge in [0.05, 0.1) is 0 Å². The summed E-state index contributed by atoms with van der Waals surface area (Å²) in [6.07, 6.45) is 4.08. The number of hydrogen-bond acceptors (Lipinski definition) is 2. The van der Waals surface area contributed by atoms with Crippen molar-refractivity contribution < 1.29 is 0 Å². The summed E-state index contributed by atoms with van der Waals surface area (Å²) >= 11 is 5.68. The van der Waals surface area contributed by atoms with E-state index in [-0.39, 0.29) is 0 Å². The predicted octanol–water partition coefficient (Wildman–Crippen LogP) is 2.64. The lowest BCUT2D eigenvalue weighted by molar-refractivity contribution is 0.487. The summed E-state index contributed by atoms with van der Waals surface area (Å²) in [6.45, 7) is 2.17. The van der Waals surface area contributed by atoms with E-state index in [0.717, 1.165) is 25.7 Å². The van der Waals surface area contributed by atoms with Crippen LogP contribution in [-0.2, 0) is 12.8 Å². The van der Waals surface area contributed by atoms with E-state index >= 15 is 0 Å². The molecule has 0 aliphatic rings. The van der Waals surface area contributed by atoms with Gasteiger partial charge in [-0.1, -0.05) is 31.2 Å². The zero-order chi connectivity index (χ0) is 11.8. The van der Waals surface area contributed by atoms with E-state index in [9.17, 15) is 0 Å². The molecule has 1 unspecified atom stereocenters. The van der Waals surface area contributed by atoms with Gasteiger partial charge in [0.2, 0.25) is 0 Å². The second-order valence-corrected chi connectivity index (χ2v) is 4.45. The number of aryl methyl sites for hydroxylation is 1. The van der Waals surface area contributed by atoms with Crippen LogP contribution in [0.15, 0.2) is 24.3 Å². The Morgan fingerprint density at radius 2 is 1.88 bits per heavy atom. The van der Waals surface area contributed by atoms with Gasteiger partial charge in [0, 0.05) is 11.9 Å². The number of rotatable bonds is 7. The fraction of sp³-hybridized carbons (Fsp3) is 0.538. The van der Waals surface area contributed by atoms with Crippen LogP contribution in [0, 0.1) is 0 Å². The van der Waals surface area contributed by atoms with E-state index in [1.54, 1.807) is 0 Å². The molecule has 0 heterocycles. The van der Waals surface area contributed by atoms with Crippen LogP contribution < -0.4 is 11.3 Å². The number of nitrogens with two attached hydrogens (primary N) is 1. The summed E-state index contributed by atoms with van der Waals surface area (Å²) in [5, 5.41) is 0. The molecule has 0 aliphatic carbocycles. The number of halogens is 1. The van der Waals surface area contributed by atoms with Gasteiger partial charge in [-0.2, -0.15) is 0 Å². The first-order valence-electron chi connectivity index (χ1n) is 5.90. The average Bonchev–Trinajstić information content (AvgIpc) is 2.35. The van der Waals surface area contributed by atoms with Crippen molar-refractivity contribution in [3.8, 4) is 0 Å². The minimum atomic E-state index is 0.325. The van der Waals surface area contributed by atoms with Crippen LogP contribution in [0.1, 0.15) is 30.9 Å². The summed E-state index contributed by atoms with van der Waals surface area (Å²) in [7, 11) is 0. The van der Waals surface area contributed by atoms with Crippen molar-refractivity contribution in [1.29, 1.82) is 0 Å². The van der Waals surface area contributed by atoms with Crippen molar-refractivity contribution in [3.63, 3.8) is 0 Å². The van der Waals surface area contributed by atoms with Crippen LogP contribution in [0.2, 0.25) is 0 Å². The molecule has 0 bridgehead atoms. The van der Waals surface area contributed by atoms with Gasteiger partial charge < -0.3 is 0 Å². The highest BCUT2D eigenvalue weighted by atomic mass is 35.5. The number of hydrazine groups is 1. The van der Waals surface area contributed by atoms with Crippen LogP contribution in [0.5, 0.6) is 0 Å². The van der Waals surface area contributed by atoms with Crippen LogP contribution in [-0.4, -0.2) is 11.9 Å². The first-order valence-corrected chi connectivity index (χ1v) is 6.43. The third kappa shape index (κ3) is 4.52. The molecule has 1 rings (SSSR count). The molecular formula is C13H21ClN2. The molecule has 0 saturated carbocycles. The molecule has 0 aliphatic heterocycles. The minimum Gasteiger partial charge on any atom is -0.271 e. The van der Waals surface area contributed by atoms with Crippen molar-refractivity contribution in [2.45, 2.75) is 38.6 Å². The SMILES string of the molecule is CCc1ccc(CC(CCCCl)NN)cc1. The van der Waals surface area contributed by atoms with Crippen molar-refractivity contribution in [1.82, 2.24) is 5.43 Å². The zero-order valence-corrected chi connectivity index (χ0v) is 10.6. The Bertz CT molecular complexity index is 284. The quantitative estimate of drug-likeness (QED) is 0.437. The Hall–Kier alpha value is -0.570. The second-order valence-electron chi connectivity index (χ2n) is 4.07. The Balaban J connectivity index is 2.49. The summed E-state index contributed by atoms with van der Waals surface area (Å²) in [5.74, 6) is 6.23. The molecule has 1 atom stereocenters. The Morgan fingerprint density at radius 1 is 1.25 bits per heavy atom. The number of benzene rings is 1. The van der Waals surface area contributed by atoms with Crippen molar-refractivity contribution in [2.75, 3.05) is 5.88 Å². The third-order valence-corrected chi connectivity index (χ3v) is 3.10. The van der Waals surface area contributed by atoms with Crippen LogP contribution in [0.25, 0.3) is 0 Å². The van der Waals surface area contributed by atoms with Crippen LogP contribution in [0.4, 0.5) is 0 Å². The van der Waals surface area contributed by atoms with Gasteiger partial charge in [0.25, 0.3) is 0 Å². The normalized spacial score (nSPS) is 12.7. The van der Waals surface area contributed by atoms with E-state index in [1.165, 1.54) is 11.1 Å². The summed E-state index contributed by atoms with van der Waals surface area (Å²) in [4.78, 5) is 0. The first kappa shape index (κ1) is 13.5. The second kappa shape index (κ2) is 7.66. The molecule has 0 fully saturated rings. The Morgan fingerprint density at radius 3 is 2.38 bits per heavy atom. The van der Waals surface area contributed by atoms with E-state index in [0.29, 0.717) is 11.9 Å². The average molecular weight is 241 g/mol. The maximum atomic E-state index is 5.68. The van der Waals surface area contributed by atoms with Crippen molar-refractivity contribution in [3.05, 3.63) is 35.4 Å². The minimum absolute atomic E-state index is 0.325. The highest BCUT2D eigenvalue weighted by Crippen LogP contribution is 2.10. The van der Waals surface area contributed by atoms with Gasteiger partial charge in [-0.25, -0.2) is 0 Å². The topological polar surface area (TPSA) is 38.0 Å². The molecule has 0 spiro atoms. The zero-order valence-electron chi connectivity index (χ0n) is 9.88. The fourth-order valence-corrected chi connectivity index (χ4v) is 1.92. The smallest absolute Gasteiger partial charge is 0.0251 e. The molecule has 0 aromatic heterocycles. The highest BCUT2D eigenvalue weighted by molar-refractivity contribution is 6.17. The third-order valence-electron chi connectivity index (χ3n) is 2.84. The number of alkyl halides is 1. The van der Waals surface area contributed by atoms with Gasteiger partial charge in [-0.15, -0.1) is 11.6 Å². The Labute approximate surface area is 103 Å². The van der Waals surface area contributed by atoms with E-state index in [2.05, 4.69) is 36.6 Å². The predicted molar refractivity (Wildman–Crippen MR) is 70.6 cm³/mol. The maximum absolute atomic E-state index is 5.68. The van der Waals surface area contributed by atoms with Gasteiger partial charge in [0.15, 0.2) is 0 Å². The van der Waals surface area contributed by atoms with Crippen LogP contribution >= 0.6 is 11.6 Å². The van der Waals surface area contributed by atoms with Gasteiger partial charge >= 0.3 is 0 Å². The number of hydrogen-bond donors (Lipinski definition) is 2. The molecular weight excluding hydrogens is 220 g/mol. The standard InChI is InChI=1S/C13H21ClN2/c1-2-11-5-7-12(8-6-11)10-13(16-15)4-3-9-14/h5-8,13,16H,2-4,9-10,15H2,1H3. The van der Waals surface area contributed by atoms with Crippen molar-refractivity contribution >= 4 is 11.6 Å². The van der Waals surface area contributed by atoms with Gasteiger partial charge in [-0.05, 0) is 36.8 Å². The molecule has 1 aromatic carbocycles. The van der Waals surface area contributed by atoms with Gasteiger partial charge in [-0.3, -0.25) is 11.3 Å². The molecule has 90 valence electrons. The molecule has 0 saturated heterocycles. The molecule has 3 heteroatoms. The molecule has 3 N–H and O–H groups in total. The summed E-state index contributed by atoms with van der Waals surface area (Å²) in [5.41, 5.74) is 5.56. The lowest BCUT2D eigenvalue weighted by Gasteiger charge is -2.15. The molecule has 1 aromatic rings. The molecule has 2 nitrogen and oxygen atoms in total. The lowest BCUT2D eigenvalue weighted by Crippen LogP contribution is -2.36. The lowest BCUT2D eigenvalue weighted by atomic mass is 10.0. The number of nitrogens with one attached hydrogen (secondary N) is 1. The fourth-order valence-electron chi connectivity index (χ4n) is 1.76. The summed E-state index contributed by atoms with van der Waals surface area (Å²) in [6, 6.07) is 9.06. The first-order chi connectivity index (χ1) is 7.80. The molecule has 0 amide bonds.